The molecule has 12 nitrogen and oxygen atoms in total. The van der Waals surface area contributed by atoms with Crippen LogP contribution in [-0.4, -0.2) is 71.4 Å². The Kier molecular flexibility index (Phi) is 24.0. The Morgan fingerprint density at radius 1 is 0.495 bits per heavy atom. The van der Waals surface area contributed by atoms with E-state index in [2.05, 4.69) is 264 Å². The van der Waals surface area contributed by atoms with Crippen molar-refractivity contribution >= 4 is 63.8 Å². The van der Waals surface area contributed by atoms with Gasteiger partial charge in [0.2, 0.25) is 0 Å². The van der Waals surface area contributed by atoms with Gasteiger partial charge in [0.1, 0.15) is 11.7 Å². The monoisotopic (exact) mass is 2090 g/mol. The maximum atomic E-state index is 4.35. The Morgan fingerprint density at radius 3 is 1.77 bits per heavy atom. The second kappa shape index (κ2) is 30.3. The van der Waals surface area contributed by atoms with Crippen molar-refractivity contribution in [3.8, 4) is 11.1 Å². The number of amidine groups is 1. The second-order valence-electron chi connectivity index (χ2n) is 23.7. The molecule has 0 saturated carbocycles. The van der Waals surface area contributed by atoms with Gasteiger partial charge in [-0.05, 0) is 121 Å². The van der Waals surface area contributed by atoms with Crippen LogP contribution in [0.25, 0.3) is 34.4 Å². The van der Waals surface area contributed by atoms with Crippen LogP contribution in [0.5, 0.6) is 0 Å². The van der Waals surface area contributed by atoms with E-state index in [-0.39, 0.29) is 106 Å². The number of aryl methyl sites for hydroxylation is 4. The molecule has 0 aromatic heterocycles. The van der Waals surface area contributed by atoms with E-state index in [4.69, 9.17) is 0 Å². The fourth-order valence-electron chi connectivity index (χ4n) is 12.0. The minimum absolute atomic E-state index is 0. The van der Waals surface area contributed by atoms with E-state index in [0.29, 0.717) is 0 Å². The first-order valence-electron chi connectivity index (χ1n) is 29.2. The van der Waals surface area contributed by atoms with Crippen LogP contribution in [0.3, 0.4) is 0 Å². The Hall–Kier alpha value is -6.17. The molecule has 0 bridgehead atoms. The van der Waals surface area contributed by atoms with Crippen molar-refractivity contribution in [1.29, 1.82) is 0 Å². The summed E-state index contributed by atoms with van der Waals surface area (Å²) in [6.45, 7) is 31.1. The molecule has 0 atom stereocenters. The largest absolute Gasteiger partial charge is 0.510 e. The average Bonchev–Trinajstić information content (AvgIpc) is 1.84. The van der Waals surface area contributed by atoms with E-state index in [1.54, 1.807) is 5.01 Å². The maximum absolute atomic E-state index is 4.35. The fraction of sp³-hybridized carbons (Fsp3) is 0.203. The third-order valence-corrected chi connectivity index (χ3v) is 15.8. The molecule has 10 heterocycles. The summed E-state index contributed by atoms with van der Waals surface area (Å²) in [7, 11) is 8.01. The number of hydrazone groups is 1. The molecule has 10 aliphatic heterocycles. The van der Waals surface area contributed by atoms with E-state index < -0.39 is 0 Å². The zero-order valence-corrected chi connectivity index (χ0v) is 65.1. The van der Waals surface area contributed by atoms with Crippen molar-refractivity contribution in [2.24, 2.45) is 15.5 Å². The Labute approximate surface area is 608 Å². The second-order valence-corrected chi connectivity index (χ2v) is 23.7. The number of hydrogen-bond donors (Lipinski definition) is 0. The van der Waals surface area contributed by atoms with Crippen LogP contribution >= 0.6 is 0 Å². The average molecular weight is 2090 g/mol. The summed E-state index contributed by atoms with van der Waals surface area (Å²) in [6.07, 6.45) is 23.3. The number of hydrogen-bond acceptors (Lipinski definition) is 12. The topological polar surface area (TPSA) is 57.1 Å². The molecule has 0 fully saturated rings. The van der Waals surface area contributed by atoms with Crippen LogP contribution in [0, 0.1) is 96.8 Å². The summed E-state index contributed by atoms with van der Waals surface area (Å²) in [5.74, 6) is 1.89. The molecule has 17 heteroatoms. The normalized spacial score (nSPS) is 16.3. The van der Waals surface area contributed by atoms with Crippen LogP contribution in [0.2, 0.25) is 0 Å². The predicted octanol–water partition coefficient (Wildman–Crippen LogP) is 15.1. The maximum Gasteiger partial charge on any atom is 0.119 e. The van der Waals surface area contributed by atoms with E-state index in [1.807, 2.05) is 103 Å². The van der Waals surface area contributed by atoms with Gasteiger partial charge in [0.15, 0.2) is 0 Å². The van der Waals surface area contributed by atoms with Gasteiger partial charge in [-0.1, -0.05) is 110 Å². The summed E-state index contributed by atoms with van der Waals surface area (Å²) >= 11 is 0. The molecule has 10 aliphatic rings. The first kappa shape index (κ1) is 72.3. The predicted molar refractivity (Wildman–Crippen MR) is 355 cm³/mol. The third-order valence-electron chi connectivity index (χ3n) is 15.8. The Morgan fingerprint density at radius 2 is 1.08 bits per heavy atom. The van der Waals surface area contributed by atoms with Gasteiger partial charge in [-0.2, -0.15) is 147 Å². The molecule has 0 spiro atoms. The fourth-order valence-corrected chi connectivity index (χ4v) is 12.0. The van der Waals surface area contributed by atoms with Gasteiger partial charge in [0.05, 0.1) is 0 Å². The molecule has 91 heavy (non-hydrogen) atoms. The minimum atomic E-state index is 0. The number of benzene rings is 6. The number of aliphatic imine (C=N–C) groups is 1. The molecule has 6 aromatic carbocycles. The van der Waals surface area contributed by atoms with Gasteiger partial charge in [0, 0.05) is 124 Å². The number of anilines is 5. The first-order valence-corrected chi connectivity index (χ1v) is 29.2. The molecule has 5 radical (unpaired) electrons. The summed E-state index contributed by atoms with van der Waals surface area (Å²) < 4.78 is 0. The molecule has 0 saturated heterocycles. The van der Waals surface area contributed by atoms with Gasteiger partial charge >= 0.3 is 0 Å². The number of fused-ring (bicyclic) bond motifs is 15. The van der Waals surface area contributed by atoms with Crippen molar-refractivity contribution in [2.75, 3.05) is 59.2 Å². The Balaban J connectivity index is 0.000000161. The SMILES string of the molecule is CCN1C=C2C=C(C)c3cc(C)c[c-]c3N2[CH-]1.CN1C=C2C=C(C(C)(C)C)c3ccc[c-]c3N2[CH-]1.CN1C=C2N=Cc3ccc[c-]c3N2[CH-]1.CN1[CH-]N2C(=N1)C=Cc1ccc[c-]c12.Cc1cc(C)c(-c2cc[c-]c3c2C=CC2=CN(C)[CH-]N23)c(C)c1.[Ir].[Ir].[Ir].[Ir].[Ir]. The molecule has 6 aromatic rings. The van der Waals surface area contributed by atoms with Crippen LogP contribution in [0.15, 0.2) is 173 Å². The smallest absolute Gasteiger partial charge is 0.119 e. The summed E-state index contributed by atoms with van der Waals surface area (Å²) in [6, 6.07) is 47.8. The van der Waals surface area contributed by atoms with E-state index in [0.717, 1.165) is 52.2 Å². The third kappa shape index (κ3) is 15.1. The molecule has 0 unspecified atom stereocenters. The van der Waals surface area contributed by atoms with Crippen molar-refractivity contribution in [3.63, 3.8) is 0 Å². The molecular weight excluding hydrogens is 2020 g/mol. The van der Waals surface area contributed by atoms with Crippen molar-refractivity contribution < 1.29 is 101 Å². The van der Waals surface area contributed by atoms with Crippen LogP contribution in [0.4, 0.5) is 28.4 Å². The van der Waals surface area contributed by atoms with Gasteiger partial charge in [-0.3, -0.25) is 4.99 Å². The van der Waals surface area contributed by atoms with Crippen molar-refractivity contribution in [1.82, 2.24) is 24.6 Å². The van der Waals surface area contributed by atoms with Crippen LogP contribution < -0.4 is 24.5 Å². The number of nitrogens with zero attached hydrogens (tertiary/aromatic N) is 12. The quantitative estimate of drug-likeness (QED) is 0.157. The molecule has 0 N–H and O–H groups in total. The standard InChI is InChI=1S/C21H20N2.C16H18N2.C15H16N2.2C11H9N3.5Ir/c1-14-10-15(2)21(16(3)11-14)19-6-5-7-20-18(19)9-8-17-12-22(4)13-23(17)20;1-16(2,3)14-9-12-10-17(4)11-18(12)15-8-6-5-7-13(14)15;1-4-16-9-13-8-12(3)14-7-11(2)5-6-15(14)17(13)10-16;1-13-7-11-12-6-9-4-2-3-5-10(9)14(11)8-13;1-13-8-14-10-5-3-2-4-9(10)6-7-11(14)12-13;;;;;/h5-6,8-13H,1-4H3;5-7,9-11H,1-4H3;5,7-10H,4H2,1-3H3;2*2-4,6-8H,1H3;;;;;/q5*-2;;;;;. The number of para-hydroxylation sites is 3. The Bertz CT molecular complexity index is 3890. The van der Waals surface area contributed by atoms with Crippen molar-refractivity contribution in [2.45, 2.75) is 62.3 Å². The van der Waals surface area contributed by atoms with E-state index >= 15 is 0 Å². The molecular formula is C74H72Ir5N12-10. The summed E-state index contributed by atoms with van der Waals surface area (Å²) in [5, 5.41) is 6.12. The number of allylic oxidation sites excluding steroid dienone is 5. The molecule has 16 rings (SSSR count). The van der Waals surface area contributed by atoms with Gasteiger partial charge in [-0.25, -0.2) is 0 Å². The molecule has 0 amide bonds. The van der Waals surface area contributed by atoms with Gasteiger partial charge in [-0.15, -0.1) is 46.6 Å². The summed E-state index contributed by atoms with van der Waals surface area (Å²) in [5.41, 5.74) is 26.0. The van der Waals surface area contributed by atoms with Gasteiger partial charge in [0.25, 0.3) is 0 Å². The zero-order valence-electron chi connectivity index (χ0n) is 53.1. The summed E-state index contributed by atoms with van der Waals surface area (Å²) in [4.78, 5) is 23.4. The molecule has 0 aliphatic carbocycles. The minimum Gasteiger partial charge on any atom is -0.510 e. The zero-order chi connectivity index (χ0) is 60.1. The number of rotatable bonds is 2. The van der Waals surface area contributed by atoms with E-state index in [9.17, 15) is 0 Å². The van der Waals surface area contributed by atoms with E-state index in [1.165, 1.54) is 83.9 Å². The van der Waals surface area contributed by atoms with Crippen molar-refractivity contribution in [3.05, 3.63) is 277 Å². The molecule has 483 valence electrons. The first-order chi connectivity index (χ1) is 41.4. The van der Waals surface area contributed by atoms with Crippen LogP contribution in [-0.2, 0) is 101 Å². The van der Waals surface area contributed by atoms with Crippen LogP contribution in [0.1, 0.15) is 84.7 Å². The van der Waals surface area contributed by atoms with Gasteiger partial charge < -0.3 is 49.1 Å².